The van der Waals surface area contributed by atoms with Crippen LogP contribution >= 0.6 is 0 Å². The molecule has 0 bridgehead atoms. The molecule has 0 aliphatic carbocycles. The van der Waals surface area contributed by atoms with Gasteiger partial charge in [0.05, 0.1) is 39.6 Å². The first-order chi connectivity index (χ1) is 12.8. The van der Waals surface area contributed by atoms with Gasteiger partial charge in [0, 0.05) is 18.0 Å². The smallest absolute Gasteiger partial charge is 0.431 e. The Hall–Kier alpha value is -2.11. The second-order valence-electron chi connectivity index (χ2n) is 6.03. The third-order valence-electron chi connectivity index (χ3n) is 2.47. The molecule has 2 amide bonds. The van der Waals surface area contributed by atoms with E-state index in [-0.39, 0.29) is 6.61 Å². The Bertz CT molecular complexity index is 464. The van der Waals surface area contributed by atoms with Gasteiger partial charge in [-0.25, -0.2) is 4.79 Å². The molecule has 2 N–H and O–H groups in total. The van der Waals surface area contributed by atoms with E-state index in [0.717, 1.165) is 0 Å². The Labute approximate surface area is 158 Å². The number of rotatable bonds is 15. The van der Waals surface area contributed by atoms with Crippen molar-refractivity contribution in [3.8, 4) is 0 Å². The Balaban J connectivity index is 3.34. The molecule has 0 atom stereocenters. The number of azide groups is 1. The van der Waals surface area contributed by atoms with Gasteiger partial charge in [-0.05, 0) is 26.3 Å². The standard InChI is InChI=1S/C15H29N5O7/c1-15(2,3)27-14(22)19-26-12-13(21)17-4-6-23-8-10-25-11-9-24-7-5-18-20-16/h4-12H2,1-3H3,(H,17,21)(H,19,22). The summed E-state index contributed by atoms with van der Waals surface area (Å²) in [5, 5.41) is 5.89. The summed E-state index contributed by atoms with van der Waals surface area (Å²) in [6.07, 6.45) is -0.764. The molecule has 0 saturated carbocycles. The lowest BCUT2D eigenvalue weighted by Gasteiger charge is -2.19. The lowest BCUT2D eigenvalue weighted by molar-refractivity contribution is -0.128. The Morgan fingerprint density at radius 2 is 1.59 bits per heavy atom. The number of hydrogen-bond acceptors (Lipinski definition) is 8. The van der Waals surface area contributed by atoms with Crippen LogP contribution < -0.4 is 10.8 Å². The molecule has 0 spiro atoms. The molecule has 0 aliphatic heterocycles. The summed E-state index contributed by atoms with van der Waals surface area (Å²) in [7, 11) is 0. The summed E-state index contributed by atoms with van der Waals surface area (Å²) in [6.45, 7) is 7.70. The molecular weight excluding hydrogens is 362 g/mol. The Morgan fingerprint density at radius 1 is 1.00 bits per heavy atom. The number of nitrogens with one attached hydrogen (secondary N) is 2. The predicted octanol–water partition coefficient (Wildman–Crippen LogP) is 0.919. The summed E-state index contributed by atoms with van der Waals surface area (Å²) in [5.74, 6) is -0.399. The van der Waals surface area contributed by atoms with E-state index in [9.17, 15) is 9.59 Å². The van der Waals surface area contributed by atoms with Crippen molar-refractivity contribution in [2.45, 2.75) is 26.4 Å². The van der Waals surface area contributed by atoms with Gasteiger partial charge in [-0.15, -0.1) is 0 Å². The number of hydrogen-bond donors (Lipinski definition) is 2. The van der Waals surface area contributed by atoms with E-state index in [1.54, 1.807) is 20.8 Å². The highest BCUT2D eigenvalue weighted by Gasteiger charge is 2.16. The number of nitrogens with zero attached hydrogens (tertiary/aromatic N) is 3. The quantitative estimate of drug-likeness (QED) is 0.138. The van der Waals surface area contributed by atoms with Crippen molar-refractivity contribution in [1.82, 2.24) is 10.8 Å². The average Bonchev–Trinajstić information content (AvgIpc) is 2.57. The summed E-state index contributed by atoms with van der Waals surface area (Å²) in [6, 6.07) is 0. The van der Waals surface area contributed by atoms with E-state index in [4.69, 9.17) is 29.3 Å². The molecule has 12 nitrogen and oxygen atoms in total. The van der Waals surface area contributed by atoms with Crippen molar-refractivity contribution in [3.05, 3.63) is 10.4 Å². The molecule has 0 unspecified atom stereocenters. The minimum absolute atomic E-state index is 0.299. The molecule has 27 heavy (non-hydrogen) atoms. The van der Waals surface area contributed by atoms with Gasteiger partial charge in [-0.2, -0.15) is 5.48 Å². The van der Waals surface area contributed by atoms with Crippen LogP contribution in [-0.4, -0.2) is 76.9 Å². The van der Waals surface area contributed by atoms with E-state index in [2.05, 4.69) is 15.3 Å². The Morgan fingerprint density at radius 3 is 2.19 bits per heavy atom. The van der Waals surface area contributed by atoms with Crippen molar-refractivity contribution in [2.24, 2.45) is 5.11 Å². The van der Waals surface area contributed by atoms with Crippen molar-refractivity contribution >= 4 is 12.0 Å². The molecule has 0 rings (SSSR count). The lowest BCUT2D eigenvalue weighted by atomic mass is 10.2. The largest absolute Gasteiger partial charge is 0.442 e. The molecule has 0 saturated heterocycles. The van der Waals surface area contributed by atoms with Crippen molar-refractivity contribution in [2.75, 3.05) is 59.3 Å². The zero-order valence-electron chi connectivity index (χ0n) is 16.1. The number of amides is 2. The van der Waals surface area contributed by atoms with Crippen molar-refractivity contribution < 1.29 is 33.4 Å². The van der Waals surface area contributed by atoms with Gasteiger partial charge in [0.15, 0.2) is 6.61 Å². The van der Waals surface area contributed by atoms with Crippen LogP contribution in [0, 0.1) is 0 Å². The van der Waals surface area contributed by atoms with E-state index in [0.29, 0.717) is 52.7 Å². The predicted molar refractivity (Wildman–Crippen MR) is 94.8 cm³/mol. The van der Waals surface area contributed by atoms with Crippen LogP contribution in [0.3, 0.4) is 0 Å². The van der Waals surface area contributed by atoms with Gasteiger partial charge in [0.1, 0.15) is 5.60 Å². The number of carbonyl (C=O) groups excluding carboxylic acids is 2. The molecule has 0 aromatic rings. The highest BCUT2D eigenvalue weighted by atomic mass is 16.7. The maximum atomic E-state index is 11.5. The van der Waals surface area contributed by atoms with Gasteiger partial charge in [0.25, 0.3) is 0 Å². The second-order valence-corrected chi connectivity index (χ2v) is 6.03. The summed E-state index contributed by atoms with van der Waals surface area (Å²) in [4.78, 5) is 30.1. The van der Waals surface area contributed by atoms with Gasteiger partial charge in [-0.1, -0.05) is 5.11 Å². The van der Waals surface area contributed by atoms with Crippen LogP contribution in [0.15, 0.2) is 5.11 Å². The van der Waals surface area contributed by atoms with E-state index >= 15 is 0 Å². The molecule has 0 heterocycles. The van der Waals surface area contributed by atoms with Crippen LogP contribution in [0.1, 0.15) is 20.8 Å². The minimum atomic E-state index is -0.764. The molecule has 156 valence electrons. The molecule has 12 heteroatoms. The van der Waals surface area contributed by atoms with Gasteiger partial charge in [0.2, 0.25) is 5.91 Å². The molecule has 0 aliphatic rings. The maximum Gasteiger partial charge on any atom is 0.431 e. The highest BCUT2D eigenvalue weighted by molar-refractivity contribution is 5.77. The normalized spacial score (nSPS) is 10.8. The highest BCUT2D eigenvalue weighted by Crippen LogP contribution is 2.06. The SMILES string of the molecule is CC(C)(C)OC(=O)NOCC(=O)NCCOCCOCCOCCN=[N+]=[N-]. The van der Waals surface area contributed by atoms with Gasteiger partial charge < -0.3 is 24.3 Å². The summed E-state index contributed by atoms with van der Waals surface area (Å²) >= 11 is 0. The third kappa shape index (κ3) is 20.1. The third-order valence-corrected chi connectivity index (χ3v) is 2.47. The van der Waals surface area contributed by atoms with Gasteiger partial charge >= 0.3 is 6.09 Å². The first-order valence-electron chi connectivity index (χ1n) is 8.46. The van der Waals surface area contributed by atoms with E-state index in [1.807, 2.05) is 5.48 Å². The molecule has 0 aromatic heterocycles. The number of hydroxylamine groups is 1. The first kappa shape index (κ1) is 24.9. The van der Waals surface area contributed by atoms with Crippen LogP contribution in [-0.2, 0) is 28.6 Å². The fraction of sp³-hybridized carbons (Fsp3) is 0.867. The topological polar surface area (TPSA) is 153 Å². The van der Waals surface area contributed by atoms with Crippen LogP contribution in [0.4, 0.5) is 4.79 Å². The maximum absolute atomic E-state index is 11.5. The minimum Gasteiger partial charge on any atom is -0.442 e. The van der Waals surface area contributed by atoms with Crippen molar-refractivity contribution in [1.29, 1.82) is 0 Å². The van der Waals surface area contributed by atoms with E-state index in [1.165, 1.54) is 0 Å². The van der Waals surface area contributed by atoms with Crippen LogP contribution in [0.5, 0.6) is 0 Å². The lowest BCUT2D eigenvalue weighted by Crippen LogP contribution is -2.37. The van der Waals surface area contributed by atoms with E-state index < -0.39 is 17.6 Å². The molecule has 0 aromatic carbocycles. The summed E-state index contributed by atoms with van der Waals surface area (Å²) in [5.41, 5.74) is 9.44. The number of ether oxygens (including phenoxy) is 4. The number of carbonyl (C=O) groups is 2. The fourth-order valence-corrected chi connectivity index (χ4v) is 1.47. The monoisotopic (exact) mass is 391 g/mol. The molecular formula is C15H29N5O7. The molecule has 0 radical (unpaired) electrons. The second kappa shape index (κ2) is 16.1. The molecule has 0 fully saturated rings. The average molecular weight is 391 g/mol. The fourth-order valence-electron chi connectivity index (χ4n) is 1.47. The van der Waals surface area contributed by atoms with Crippen LogP contribution in [0.25, 0.3) is 10.4 Å². The summed E-state index contributed by atoms with van der Waals surface area (Å²) < 4.78 is 20.6. The van der Waals surface area contributed by atoms with Gasteiger partial charge in [-0.3, -0.25) is 9.63 Å². The first-order valence-corrected chi connectivity index (χ1v) is 8.46. The zero-order chi connectivity index (χ0) is 20.4. The van der Waals surface area contributed by atoms with Crippen molar-refractivity contribution in [3.63, 3.8) is 0 Å². The van der Waals surface area contributed by atoms with Crippen LogP contribution in [0.2, 0.25) is 0 Å². The zero-order valence-corrected chi connectivity index (χ0v) is 16.1. The Kier molecular flexibility index (Phi) is 14.8.